The minimum absolute atomic E-state index is 0.299. The Morgan fingerprint density at radius 3 is 2.41 bits per heavy atom. The molecule has 1 aliphatic carbocycles. The average molecular weight is 422 g/mol. The van der Waals surface area contributed by atoms with Crippen LogP contribution in [0.5, 0.6) is 0 Å². The number of carbonyl (C=O) groups is 2. The molecule has 4 atom stereocenters. The molecule has 0 aromatic rings. The first kappa shape index (κ1) is 19.5. The van der Waals surface area contributed by atoms with Crippen LogP contribution in [-0.2, 0) is 9.59 Å². The number of nitrogens with zero attached hydrogens (tertiary/aromatic N) is 2. The van der Waals surface area contributed by atoms with Gasteiger partial charge in [-0.2, -0.15) is 13.2 Å². The summed E-state index contributed by atoms with van der Waals surface area (Å²) in [5.41, 5.74) is 6.79. The number of halogens is 3. The molecule has 2 fully saturated rings. The van der Waals surface area contributed by atoms with Gasteiger partial charge in [0, 0.05) is 0 Å². The van der Waals surface area contributed by atoms with E-state index in [9.17, 15) is 38.1 Å². The molecule has 0 bridgehead atoms. The number of amides is 1. The van der Waals surface area contributed by atoms with Crippen molar-refractivity contribution in [2.45, 2.75) is 48.6 Å². The van der Waals surface area contributed by atoms with Gasteiger partial charge in [0.15, 0.2) is 18.0 Å². The molecule has 1 unspecified atom stereocenters. The van der Waals surface area contributed by atoms with Crippen molar-refractivity contribution in [2.24, 2.45) is 21.9 Å². The SMILES string of the molecule is NC1=N[C@H]2C(C(=O)O)NC(N)=[N+]3C[C@H](NC(=O)C4(C(F)(F)F)CC4)C(O)(O)[C@]23N1. The normalized spacial score (nSPS) is 36.3. The third-order valence-corrected chi connectivity index (χ3v) is 6.07. The maximum atomic E-state index is 13.2. The highest BCUT2D eigenvalue weighted by atomic mass is 19.4. The number of rotatable bonds is 3. The lowest BCUT2D eigenvalue weighted by Crippen LogP contribution is -2.79. The smallest absolute Gasteiger partial charge is 0.403 e. The van der Waals surface area contributed by atoms with Crippen molar-refractivity contribution < 1.29 is 42.7 Å². The minimum Gasteiger partial charge on any atom is -0.479 e. The fourth-order valence-electron chi connectivity index (χ4n) is 4.32. The van der Waals surface area contributed by atoms with Crippen molar-refractivity contribution >= 4 is 23.8 Å². The van der Waals surface area contributed by atoms with Gasteiger partial charge in [0.2, 0.25) is 17.4 Å². The third-order valence-electron chi connectivity index (χ3n) is 6.07. The molecule has 1 saturated carbocycles. The number of nitrogens with two attached hydrogens (primary N) is 2. The number of alkyl halides is 3. The molecule has 0 aromatic carbocycles. The second-order valence-corrected chi connectivity index (χ2v) is 7.64. The molecule has 0 aromatic heterocycles. The summed E-state index contributed by atoms with van der Waals surface area (Å²) in [4.78, 5) is 27.9. The van der Waals surface area contributed by atoms with E-state index in [4.69, 9.17) is 11.5 Å². The predicted octanol–water partition coefficient (Wildman–Crippen LogP) is -4.13. The number of guanidine groups is 2. The van der Waals surface area contributed by atoms with E-state index in [0.717, 1.165) is 4.58 Å². The number of nitrogens with one attached hydrogen (secondary N) is 3. The maximum Gasteiger partial charge on any atom is 0.403 e. The molecule has 1 spiro atoms. The Morgan fingerprint density at radius 2 is 1.90 bits per heavy atom. The Morgan fingerprint density at radius 1 is 1.28 bits per heavy atom. The molecule has 3 heterocycles. The lowest BCUT2D eigenvalue weighted by atomic mass is 9.85. The summed E-state index contributed by atoms with van der Waals surface area (Å²) in [6, 6.07) is -4.58. The summed E-state index contributed by atoms with van der Waals surface area (Å²) >= 11 is 0. The van der Waals surface area contributed by atoms with Crippen LogP contribution in [0.1, 0.15) is 12.8 Å². The second kappa shape index (κ2) is 5.41. The first-order valence-electron chi connectivity index (χ1n) is 8.61. The highest BCUT2D eigenvalue weighted by Crippen LogP contribution is 2.58. The van der Waals surface area contributed by atoms with Gasteiger partial charge >= 0.3 is 18.1 Å². The molecular weight excluding hydrogens is 403 g/mol. The predicted molar refractivity (Wildman–Crippen MR) is 87.0 cm³/mol. The molecule has 4 aliphatic rings. The third kappa shape index (κ3) is 2.27. The number of hydrogen-bond acceptors (Lipinski definition) is 9. The number of aliphatic carboxylic acids is 1. The standard InChI is InChI=1S/C14H18F3N7O5/c15-14(16,17)11(1-2-11)8(27)20-4-3-24-10(19)21-5(7(25)26)6-12(24,13(4,28)29)23-9(18)22-6/h4-6,28-29H,1-3H2,(H7,18,19,20,21,22,23,25,26,27)/p+1/t4-,5?,6-,12-/m0/s1. The molecule has 29 heavy (non-hydrogen) atoms. The molecule has 1 amide bonds. The van der Waals surface area contributed by atoms with Gasteiger partial charge < -0.3 is 31.7 Å². The molecule has 160 valence electrons. The molecule has 1 saturated heterocycles. The van der Waals surface area contributed by atoms with E-state index in [1.165, 1.54) is 0 Å². The van der Waals surface area contributed by atoms with Gasteiger partial charge in [0.05, 0.1) is 6.54 Å². The van der Waals surface area contributed by atoms with Crippen LogP contribution < -0.4 is 27.4 Å². The molecule has 0 radical (unpaired) electrons. The monoisotopic (exact) mass is 422 g/mol. The molecule has 15 heteroatoms. The van der Waals surface area contributed by atoms with Gasteiger partial charge in [-0.3, -0.25) is 15.8 Å². The first-order valence-corrected chi connectivity index (χ1v) is 8.61. The Kier molecular flexibility index (Phi) is 3.64. The van der Waals surface area contributed by atoms with Gasteiger partial charge in [-0.15, -0.1) is 0 Å². The van der Waals surface area contributed by atoms with Crippen molar-refractivity contribution in [3.63, 3.8) is 0 Å². The van der Waals surface area contributed by atoms with Crippen molar-refractivity contribution in [1.82, 2.24) is 16.0 Å². The summed E-state index contributed by atoms with van der Waals surface area (Å²) in [7, 11) is 0. The fourth-order valence-corrected chi connectivity index (χ4v) is 4.32. The zero-order valence-electron chi connectivity index (χ0n) is 14.7. The second-order valence-electron chi connectivity index (χ2n) is 7.64. The summed E-state index contributed by atoms with van der Waals surface area (Å²) < 4.78 is 40.8. The summed E-state index contributed by atoms with van der Waals surface area (Å²) in [6.45, 7) is -0.440. The maximum absolute atomic E-state index is 13.2. The van der Waals surface area contributed by atoms with Crippen molar-refractivity contribution in [1.29, 1.82) is 0 Å². The average Bonchev–Trinajstić information content (AvgIpc) is 3.29. The zero-order chi connectivity index (χ0) is 21.6. The van der Waals surface area contributed by atoms with Crippen molar-refractivity contribution in [3.05, 3.63) is 0 Å². The van der Waals surface area contributed by atoms with Crippen LogP contribution in [0.4, 0.5) is 13.2 Å². The number of carboxylic acids is 1. The lowest BCUT2D eigenvalue weighted by Gasteiger charge is -2.42. The molecule has 12 nitrogen and oxygen atoms in total. The van der Waals surface area contributed by atoms with Crippen LogP contribution in [0.3, 0.4) is 0 Å². The Balaban J connectivity index is 1.72. The highest BCUT2D eigenvalue weighted by Gasteiger charge is 2.77. The number of hydrogen-bond donors (Lipinski definition) is 8. The van der Waals surface area contributed by atoms with E-state index in [1.807, 2.05) is 5.32 Å². The topological polar surface area (TPSA) is 198 Å². The quantitative estimate of drug-likeness (QED) is 0.164. The Labute approximate surface area is 160 Å². The molecule has 4 rings (SSSR count). The number of aliphatic imine (C=N–C) groups is 1. The fraction of sp³-hybridized carbons (Fsp3) is 0.714. The number of carboxylic acid groups (broad SMARTS) is 1. The summed E-state index contributed by atoms with van der Waals surface area (Å²) in [6.07, 6.45) is -5.62. The molecule has 3 aliphatic heterocycles. The van der Waals surface area contributed by atoms with E-state index in [1.54, 1.807) is 0 Å². The van der Waals surface area contributed by atoms with Crippen LogP contribution in [-0.4, -0.2) is 86.0 Å². The van der Waals surface area contributed by atoms with Crippen LogP contribution in [0, 0.1) is 5.41 Å². The Bertz CT molecular complexity index is 868. The van der Waals surface area contributed by atoms with Crippen LogP contribution in [0.15, 0.2) is 4.99 Å². The highest BCUT2D eigenvalue weighted by molar-refractivity contribution is 5.89. The zero-order valence-corrected chi connectivity index (χ0v) is 14.7. The van der Waals surface area contributed by atoms with E-state index < -0.39 is 72.4 Å². The van der Waals surface area contributed by atoms with Gasteiger partial charge in [-0.25, -0.2) is 14.4 Å². The van der Waals surface area contributed by atoms with Crippen LogP contribution in [0.25, 0.3) is 0 Å². The van der Waals surface area contributed by atoms with Gasteiger partial charge in [-0.05, 0) is 12.8 Å². The van der Waals surface area contributed by atoms with E-state index in [0.29, 0.717) is 0 Å². The number of carbonyl (C=O) groups excluding carboxylic acids is 1. The largest absolute Gasteiger partial charge is 0.479 e. The van der Waals surface area contributed by atoms with E-state index >= 15 is 0 Å². The van der Waals surface area contributed by atoms with Crippen LogP contribution in [0.2, 0.25) is 0 Å². The van der Waals surface area contributed by atoms with Gasteiger partial charge in [0.1, 0.15) is 11.5 Å². The summed E-state index contributed by atoms with van der Waals surface area (Å²) in [5, 5.41) is 38.3. The summed E-state index contributed by atoms with van der Waals surface area (Å²) in [5.74, 6) is -6.42. The first-order chi connectivity index (χ1) is 13.3. The number of aliphatic hydroxyl groups is 2. The van der Waals surface area contributed by atoms with Crippen molar-refractivity contribution in [3.8, 4) is 0 Å². The molecular formula is C14H19F3N7O5+. The van der Waals surface area contributed by atoms with E-state index in [2.05, 4.69) is 15.6 Å². The van der Waals surface area contributed by atoms with Gasteiger partial charge in [0.25, 0.3) is 0 Å². The lowest BCUT2D eigenvalue weighted by molar-refractivity contribution is -0.622. The Hall–Kier alpha value is -2.81. The van der Waals surface area contributed by atoms with Crippen molar-refractivity contribution in [2.75, 3.05) is 6.54 Å². The molecule has 10 N–H and O–H groups in total. The van der Waals surface area contributed by atoms with E-state index in [-0.39, 0.29) is 11.9 Å². The minimum atomic E-state index is -4.79. The van der Waals surface area contributed by atoms with Crippen LogP contribution >= 0.6 is 0 Å². The van der Waals surface area contributed by atoms with Gasteiger partial charge in [-0.1, -0.05) is 0 Å².